The molecule has 0 saturated heterocycles. The fourth-order valence-corrected chi connectivity index (χ4v) is 9.67. The zero-order valence-corrected chi connectivity index (χ0v) is 43.8. The standard InChI is InChI=1S/C70H51N4O2.Pt/c1-70(2,3)52-42-53(72-47-73(65-37-19-18-36-64(65)72)68-57(48-22-8-4-9-23-48)31-20-32-58(68)49-24-10-5-11-25-49)44-56(43-52)75-54-38-39-62-61-30-16-17-35-63(61)74(66(62)45-54)67-46-55(40-41-71-67)76-69-59(50-26-12-6-13-27-50)33-21-34-60(69)51-28-14-7-15-29-51;/h4-43,46-47H,1-3H3;/q-3;/i4D,5D,6D,8D,9D,10D,11D,12D,13D,22D,23D,24D,25D,26D,27D;. The Hall–Kier alpha value is -8.96. The van der Waals surface area contributed by atoms with Crippen molar-refractivity contribution in [3.8, 4) is 73.3 Å². The number of fused-ring (bicyclic) bond motifs is 4. The van der Waals surface area contributed by atoms with Crippen molar-refractivity contribution in [2.24, 2.45) is 0 Å². The Morgan fingerprint density at radius 2 is 1.09 bits per heavy atom. The van der Waals surface area contributed by atoms with Crippen molar-refractivity contribution >= 4 is 44.6 Å². The Morgan fingerprint density at radius 1 is 0.506 bits per heavy atom. The molecular weight excluding hydrogens is 1120 g/mol. The van der Waals surface area contributed by atoms with E-state index in [0.717, 1.165) is 27.4 Å². The van der Waals surface area contributed by atoms with Crippen molar-refractivity contribution in [1.29, 1.82) is 0 Å². The molecular formula is C70H51N4O2Pt-3. The maximum atomic E-state index is 9.15. The Kier molecular flexibility index (Phi) is 9.26. The first-order chi connectivity index (χ1) is 43.5. The summed E-state index contributed by atoms with van der Waals surface area (Å²) in [5, 5.41) is 1.72. The number of ether oxygens (including phenoxy) is 2. The number of anilines is 4. The molecule has 10 aromatic carbocycles. The van der Waals surface area contributed by atoms with Crippen LogP contribution in [0, 0.1) is 18.8 Å². The van der Waals surface area contributed by atoms with Crippen molar-refractivity contribution in [3.63, 3.8) is 0 Å². The number of aromatic nitrogens is 2. The van der Waals surface area contributed by atoms with Crippen LogP contribution in [0.25, 0.3) is 72.1 Å². The van der Waals surface area contributed by atoms with Crippen LogP contribution in [0.3, 0.4) is 0 Å². The van der Waals surface area contributed by atoms with E-state index in [9.17, 15) is 0 Å². The van der Waals surface area contributed by atoms with Gasteiger partial charge < -0.3 is 23.8 Å². The van der Waals surface area contributed by atoms with E-state index in [1.165, 1.54) is 0 Å². The number of para-hydroxylation sites is 5. The fourth-order valence-electron chi connectivity index (χ4n) is 9.67. The van der Waals surface area contributed by atoms with E-state index in [1.54, 1.807) is 60.2 Å². The molecule has 0 saturated carbocycles. The van der Waals surface area contributed by atoms with Crippen molar-refractivity contribution in [2.75, 3.05) is 9.80 Å². The molecule has 3 heterocycles. The first-order valence-corrected chi connectivity index (χ1v) is 24.4. The maximum absolute atomic E-state index is 9.15. The summed E-state index contributed by atoms with van der Waals surface area (Å²) in [7, 11) is 0. The third-order valence-electron chi connectivity index (χ3n) is 13.2. The topological polar surface area (TPSA) is 42.8 Å². The summed E-state index contributed by atoms with van der Waals surface area (Å²) in [4.78, 5) is 8.46. The smallest absolute Gasteiger partial charge is 0.143 e. The van der Waals surface area contributed by atoms with Crippen molar-refractivity contribution < 1.29 is 51.1 Å². The van der Waals surface area contributed by atoms with Gasteiger partial charge in [-0.15, -0.1) is 53.6 Å². The van der Waals surface area contributed by atoms with E-state index in [4.69, 9.17) is 35.0 Å². The number of pyridine rings is 1. The minimum atomic E-state index is -0.594. The molecule has 6 nitrogen and oxygen atoms in total. The van der Waals surface area contributed by atoms with Crippen LogP contribution in [0.1, 0.15) is 46.9 Å². The van der Waals surface area contributed by atoms with Crippen LogP contribution in [-0.2, 0) is 26.5 Å². The van der Waals surface area contributed by atoms with Gasteiger partial charge in [-0.3, -0.25) is 0 Å². The summed E-state index contributed by atoms with van der Waals surface area (Å²) in [6.45, 7) is 7.92. The van der Waals surface area contributed by atoms with E-state index < -0.39 is 84.0 Å². The van der Waals surface area contributed by atoms with Crippen LogP contribution < -0.4 is 19.3 Å². The quantitative estimate of drug-likeness (QED) is 0.121. The predicted molar refractivity (Wildman–Crippen MR) is 311 cm³/mol. The van der Waals surface area contributed by atoms with Crippen LogP contribution in [-0.4, -0.2) is 9.55 Å². The molecule has 2 aromatic heterocycles. The van der Waals surface area contributed by atoms with Crippen molar-refractivity contribution in [3.05, 3.63) is 273 Å². The Morgan fingerprint density at radius 3 is 1.75 bits per heavy atom. The first kappa shape index (κ1) is 34.6. The molecule has 0 radical (unpaired) electrons. The second-order valence-electron chi connectivity index (χ2n) is 19.0. The molecule has 0 spiro atoms. The summed E-state index contributed by atoms with van der Waals surface area (Å²) in [6, 6.07) is 45.1. The molecule has 0 amide bonds. The Balaban J connectivity index is 0.00000816. The van der Waals surface area contributed by atoms with Crippen LogP contribution in [0.4, 0.5) is 22.7 Å². The molecule has 7 heteroatoms. The molecule has 0 bridgehead atoms. The monoisotopic (exact) mass is 1190 g/mol. The minimum Gasteiger partial charge on any atom is -0.509 e. The average molecular weight is 1190 g/mol. The second-order valence-corrected chi connectivity index (χ2v) is 19.0. The van der Waals surface area contributed by atoms with Crippen LogP contribution in [0.15, 0.2) is 248 Å². The molecule has 0 fully saturated rings. The van der Waals surface area contributed by atoms with Gasteiger partial charge in [0.25, 0.3) is 0 Å². The van der Waals surface area contributed by atoms with Crippen LogP contribution in [0.2, 0.25) is 0 Å². The largest absolute Gasteiger partial charge is 0.509 e. The van der Waals surface area contributed by atoms with E-state index in [0.29, 0.717) is 56.8 Å². The van der Waals surface area contributed by atoms with Gasteiger partial charge >= 0.3 is 0 Å². The van der Waals surface area contributed by atoms with Gasteiger partial charge in [0.2, 0.25) is 0 Å². The number of rotatable bonds is 11. The van der Waals surface area contributed by atoms with E-state index in [2.05, 4.69) is 32.9 Å². The fraction of sp³-hybridized carbons (Fsp3) is 0.0571. The predicted octanol–water partition coefficient (Wildman–Crippen LogP) is 18.7. The van der Waals surface area contributed by atoms with Gasteiger partial charge in [0.15, 0.2) is 0 Å². The summed E-state index contributed by atoms with van der Waals surface area (Å²) in [5.74, 6) is 1.67. The van der Waals surface area contributed by atoms with E-state index in [-0.39, 0.29) is 72.4 Å². The van der Waals surface area contributed by atoms with Gasteiger partial charge in [0, 0.05) is 89.7 Å². The molecule has 12 aromatic rings. The van der Waals surface area contributed by atoms with Crippen molar-refractivity contribution in [1.82, 2.24) is 9.55 Å². The maximum Gasteiger partial charge on any atom is 0.143 e. The molecule has 1 aliphatic rings. The van der Waals surface area contributed by atoms with Gasteiger partial charge in [-0.2, -0.15) is 6.07 Å². The average Bonchev–Trinajstić information content (AvgIpc) is 1.34. The number of nitrogens with zero attached hydrogens (tertiary/aromatic N) is 4. The van der Waals surface area contributed by atoms with Crippen molar-refractivity contribution in [2.45, 2.75) is 26.2 Å². The Bertz CT molecular complexity index is 4850. The number of benzene rings is 10. The normalized spacial score (nSPS) is 14.9. The molecule has 0 aliphatic carbocycles. The molecule has 13 rings (SSSR count). The Labute approximate surface area is 485 Å². The van der Waals surface area contributed by atoms with Gasteiger partial charge in [-0.1, -0.05) is 214 Å². The van der Waals surface area contributed by atoms with Gasteiger partial charge in [-0.05, 0) is 57.3 Å². The molecule has 0 unspecified atom stereocenters. The zero-order chi connectivity index (χ0) is 64.2. The summed E-state index contributed by atoms with van der Waals surface area (Å²) < 4.78 is 147. The van der Waals surface area contributed by atoms with Gasteiger partial charge in [-0.25, -0.2) is 4.98 Å². The zero-order valence-electron chi connectivity index (χ0n) is 56.5. The third-order valence-corrected chi connectivity index (χ3v) is 13.2. The summed E-state index contributed by atoms with van der Waals surface area (Å²) in [6.07, 6.45) is 1.61. The van der Waals surface area contributed by atoms with Crippen LogP contribution >= 0.6 is 0 Å². The molecule has 376 valence electrons. The summed E-state index contributed by atoms with van der Waals surface area (Å²) in [5.41, 5.74) is 5.23. The van der Waals surface area contributed by atoms with Gasteiger partial charge in [0.1, 0.15) is 17.3 Å². The molecule has 77 heavy (non-hydrogen) atoms. The summed E-state index contributed by atoms with van der Waals surface area (Å²) >= 11 is 0. The molecule has 1 aliphatic heterocycles. The van der Waals surface area contributed by atoms with E-state index >= 15 is 0 Å². The minimum absolute atomic E-state index is 0. The molecule has 0 atom stereocenters. The molecule has 0 N–H and O–H groups in total. The van der Waals surface area contributed by atoms with Gasteiger partial charge in [0.05, 0.1) is 20.6 Å². The first-order valence-electron chi connectivity index (χ1n) is 31.9. The second kappa shape index (κ2) is 20.6. The third kappa shape index (κ3) is 9.36. The SMILES string of the molecule is [2H]c1c([2H])c([2H])c(-c2cccc(-c3ccccc3)c2Oc2ccnc(-n3c4[c-]c(Oc5[c-]c(N6[CH-]N(c7c(-c8c([2H])c([2H])c([2H])c([2H])c8[2H])cccc7-c7c([2H])c([2H])c([2H])c([2H])c7[2H])c7ccccc76)cc(C(C)(C)C)c5)ccc4c4ccccc43)c2)c([2H])c1[2H].[Pt]. The van der Waals surface area contributed by atoms with Crippen LogP contribution in [0.5, 0.6) is 23.0 Å². The number of hydrogen-bond acceptors (Lipinski definition) is 5. The van der Waals surface area contributed by atoms with E-state index in [1.807, 2.05) is 119 Å². The number of hydrogen-bond donors (Lipinski definition) is 0.